The van der Waals surface area contributed by atoms with Gasteiger partial charge in [0.05, 0.1) is 25.4 Å². The second-order valence-corrected chi connectivity index (χ2v) is 21.7. The molecule has 2 unspecified atom stereocenters. The molecule has 0 aromatic heterocycles. The molecule has 1 amide bonds. The van der Waals surface area contributed by atoms with Gasteiger partial charge in [0.2, 0.25) is 5.91 Å². The third kappa shape index (κ3) is 55.7. The van der Waals surface area contributed by atoms with E-state index < -0.39 is 12.1 Å². The van der Waals surface area contributed by atoms with Gasteiger partial charge in [-0.2, -0.15) is 0 Å². The predicted molar refractivity (Wildman–Crippen MR) is 306 cm³/mol. The number of nitrogens with one attached hydrogen (secondary N) is 1. The van der Waals surface area contributed by atoms with Crippen molar-refractivity contribution in [3.8, 4) is 0 Å². The van der Waals surface area contributed by atoms with Gasteiger partial charge >= 0.3 is 5.97 Å². The van der Waals surface area contributed by atoms with E-state index in [2.05, 4.69) is 43.5 Å². The van der Waals surface area contributed by atoms with Crippen molar-refractivity contribution in [1.82, 2.24) is 5.32 Å². The molecule has 0 aliphatic heterocycles. The third-order valence-electron chi connectivity index (χ3n) is 14.7. The first-order valence-electron chi connectivity index (χ1n) is 31.6. The van der Waals surface area contributed by atoms with E-state index in [1.165, 1.54) is 270 Å². The fourth-order valence-corrected chi connectivity index (χ4v) is 9.87. The van der Waals surface area contributed by atoms with Gasteiger partial charge in [-0.25, -0.2) is 0 Å². The highest BCUT2D eigenvalue weighted by atomic mass is 16.5. The van der Waals surface area contributed by atoms with Gasteiger partial charge < -0.3 is 20.3 Å². The van der Waals surface area contributed by atoms with Gasteiger partial charge in [-0.15, -0.1) is 0 Å². The maximum Gasteiger partial charge on any atom is 0.305 e. The minimum absolute atomic E-state index is 0.00652. The molecule has 0 aliphatic carbocycles. The lowest BCUT2D eigenvalue weighted by atomic mass is 10.0. The molecule has 2 atom stereocenters. The summed E-state index contributed by atoms with van der Waals surface area (Å²) in [4.78, 5) is 24.5. The Balaban J connectivity index is 3.36. The lowest BCUT2D eigenvalue weighted by molar-refractivity contribution is -0.143. The molecular formula is C64H123NO5. The topological polar surface area (TPSA) is 95.9 Å². The molecule has 0 saturated heterocycles. The number of hydrogen-bond donors (Lipinski definition) is 3. The molecule has 0 aliphatic rings. The number of hydrogen-bond acceptors (Lipinski definition) is 5. The van der Waals surface area contributed by atoms with Crippen molar-refractivity contribution < 1.29 is 24.5 Å². The molecule has 0 heterocycles. The lowest BCUT2D eigenvalue weighted by Crippen LogP contribution is -2.45. The van der Waals surface area contributed by atoms with Crippen LogP contribution in [0.2, 0.25) is 0 Å². The van der Waals surface area contributed by atoms with E-state index in [1.807, 2.05) is 0 Å². The Labute approximate surface area is 437 Å². The fraction of sp³-hybridized carbons (Fsp3) is 0.906. The molecular weight excluding hydrogens is 863 g/mol. The van der Waals surface area contributed by atoms with E-state index in [4.69, 9.17) is 4.74 Å². The van der Waals surface area contributed by atoms with Crippen LogP contribution in [0, 0.1) is 0 Å². The zero-order valence-corrected chi connectivity index (χ0v) is 47.3. The molecule has 70 heavy (non-hydrogen) atoms. The van der Waals surface area contributed by atoms with Crippen LogP contribution in [0.4, 0.5) is 0 Å². The minimum Gasteiger partial charge on any atom is -0.466 e. The van der Waals surface area contributed by atoms with E-state index in [0.717, 1.165) is 44.9 Å². The van der Waals surface area contributed by atoms with Crippen LogP contribution in [0.3, 0.4) is 0 Å². The Morgan fingerprint density at radius 1 is 0.386 bits per heavy atom. The maximum atomic E-state index is 12.5. The molecule has 0 fully saturated rings. The molecule has 6 nitrogen and oxygen atoms in total. The number of carbonyl (C=O) groups is 2. The molecule has 0 radical (unpaired) electrons. The summed E-state index contributed by atoms with van der Waals surface area (Å²) < 4.78 is 5.47. The Morgan fingerprint density at radius 3 is 1.04 bits per heavy atom. The van der Waals surface area contributed by atoms with Crippen LogP contribution in [0.25, 0.3) is 0 Å². The number of amides is 1. The minimum atomic E-state index is -0.662. The number of aliphatic hydroxyl groups is 2. The van der Waals surface area contributed by atoms with Crippen molar-refractivity contribution >= 4 is 11.9 Å². The number of ether oxygens (including phenoxy) is 1. The number of esters is 1. The average Bonchev–Trinajstić information content (AvgIpc) is 3.36. The Morgan fingerprint density at radius 2 is 0.671 bits per heavy atom. The highest BCUT2D eigenvalue weighted by molar-refractivity contribution is 5.76. The van der Waals surface area contributed by atoms with Gasteiger partial charge in [0, 0.05) is 12.8 Å². The first-order valence-corrected chi connectivity index (χ1v) is 31.6. The number of unbranched alkanes of at least 4 members (excludes halogenated alkanes) is 44. The Hall–Kier alpha value is -1.66. The van der Waals surface area contributed by atoms with Gasteiger partial charge in [0.1, 0.15) is 0 Å². The summed E-state index contributed by atoms with van der Waals surface area (Å²) >= 11 is 0. The molecule has 0 spiro atoms. The average molecular weight is 987 g/mol. The van der Waals surface area contributed by atoms with Crippen LogP contribution < -0.4 is 5.32 Å². The van der Waals surface area contributed by atoms with Crippen LogP contribution in [0.15, 0.2) is 24.3 Å². The molecule has 414 valence electrons. The van der Waals surface area contributed by atoms with Crippen molar-refractivity contribution in [2.75, 3.05) is 13.2 Å². The monoisotopic (exact) mass is 986 g/mol. The quantitative estimate of drug-likeness (QED) is 0.0321. The van der Waals surface area contributed by atoms with Gasteiger partial charge in [-0.1, -0.05) is 282 Å². The lowest BCUT2D eigenvalue weighted by Gasteiger charge is -2.22. The summed E-state index contributed by atoms with van der Waals surface area (Å²) in [6.07, 6.45) is 73.5. The standard InChI is InChI=1S/C64H123NO5/c1-3-5-7-9-11-13-15-36-40-44-48-52-56-62(67)61(60-66)65-63(68)57-53-49-45-41-37-34-32-30-28-26-24-22-20-18-17-19-21-23-25-27-29-31-33-35-39-43-47-51-55-59-70-64(69)58-54-50-46-42-38-16-14-12-10-8-6-4-2/h12,14,17,19,61-62,66-67H,3-11,13,15-16,18,20-60H2,1-2H3,(H,65,68)/b14-12-,19-17-. The zero-order valence-electron chi connectivity index (χ0n) is 47.3. The highest BCUT2D eigenvalue weighted by Gasteiger charge is 2.20. The molecule has 0 aromatic carbocycles. The summed E-state index contributed by atoms with van der Waals surface area (Å²) in [6.45, 7) is 4.94. The summed E-state index contributed by atoms with van der Waals surface area (Å²) in [7, 11) is 0. The van der Waals surface area contributed by atoms with Crippen molar-refractivity contribution in [1.29, 1.82) is 0 Å². The van der Waals surface area contributed by atoms with Crippen molar-refractivity contribution in [3.63, 3.8) is 0 Å². The largest absolute Gasteiger partial charge is 0.466 e. The van der Waals surface area contributed by atoms with Crippen LogP contribution in [0.1, 0.15) is 348 Å². The normalized spacial score (nSPS) is 12.7. The molecule has 0 saturated carbocycles. The van der Waals surface area contributed by atoms with Gasteiger partial charge in [-0.05, 0) is 77.0 Å². The van der Waals surface area contributed by atoms with Crippen molar-refractivity contribution in [2.24, 2.45) is 0 Å². The van der Waals surface area contributed by atoms with Gasteiger partial charge in [0.25, 0.3) is 0 Å². The Bertz CT molecular complexity index is 1090. The number of allylic oxidation sites excluding steroid dienone is 4. The van der Waals surface area contributed by atoms with Gasteiger partial charge in [-0.3, -0.25) is 9.59 Å². The van der Waals surface area contributed by atoms with Crippen LogP contribution in [0.5, 0.6) is 0 Å². The molecule has 0 aromatic rings. The highest BCUT2D eigenvalue weighted by Crippen LogP contribution is 2.18. The first kappa shape index (κ1) is 68.3. The molecule has 3 N–H and O–H groups in total. The second kappa shape index (κ2) is 59.9. The number of rotatable bonds is 59. The van der Waals surface area contributed by atoms with Crippen molar-refractivity contribution in [2.45, 2.75) is 360 Å². The predicted octanol–water partition coefficient (Wildman–Crippen LogP) is 19.8. The van der Waals surface area contributed by atoms with Crippen LogP contribution >= 0.6 is 0 Å². The third-order valence-corrected chi connectivity index (χ3v) is 14.7. The molecule has 0 bridgehead atoms. The maximum absolute atomic E-state index is 12.5. The molecule has 0 rings (SSSR count). The number of carbonyl (C=O) groups excluding carboxylic acids is 2. The second-order valence-electron chi connectivity index (χ2n) is 21.7. The first-order chi connectivity index (χ1) is 34.5. The summed E-state index contributed by atoms with van der Waals surface area (Å²) in [6, 6.07) is -0.539. The summed E-state index contributed by atoms with van der Waals surface area (Å²) in [5.41, 5.74) is 0. The van der Waals surface area contributed by atoms with E-state index in [0.29, 0.717) is 25.9 Å². The van der Waals surface area contributed by atoms with Crippen LogP contribution in [-0.4, -0.2) is 47.4 Å². The summed E-state index contributed by atoms with van der Waals surface area (Å²) in [5, 5.41) is 23.2. The van der Waals surface area contributed by atoms with E-state index >= 15 is 0 Å². The van der Waals surface area contributed by atoms with E-state index in [1.54, 1.807) is 0 Å². The smallest absolute Gasteiger partial charge is 0.305 e. The molecule has 6 heteroatoms. The van der Waals surface area contributed by atoms with Crippen LogP contribution in [-0.2, 0) is 14.3 Å². The SMILES string of the molecule is CCCCC/C=C\CCCCCCCC(=O)OCCCCCCCCCCCCCC/C=C\CCCCCCCCCCCCCCCC(=O)NC(CO)C(O)CCCCCCCCCCCCCC. The Kier molecular flexibility index (Phi) is 58.5. The zero-order chi connectivity index (χ0) is 50.7. The van der Waals surface area contributed by atoms with Gasteiger partial charge in [0.15, 0.2) is 0 Å². The fourth-order valence-electron chi connectivity index (χ4n) is 9.87. The van der Waals surface area contributed by atoms with E-state index in [-0.39, 0.29) is 18.5 Å². The summed E-state index contributed by atoms with van der Waals surface area (Å²) in [5.74, 6) is -0.0268. The number of aliphatic hydroxyl groups excluding tert-OH is 2. The van der Waals surface area contributed by atoms with E-state index in [9.17, 15) is 19.8 Å². The van der Waals surface area contributed by atoms with Crippen molar-refractivity contribution in [3.05, 3.63) is 24.3 Å².